The van der Waals surface area contributed by atoms with Crippen LogP contribution in [0.4, 0.5) is 0 Å². The summed E-state index contributed by atoms with van der Waals surface area (Å²) in [5, 5.41) is 21.0. The van der Waals surface area contributed by atoms with Crippen molar-refractivity contribution in [3.8, 4) is 0 Å². The molecule has 0 atom stereocenters. The Morgan fingerprint density at radius 3 is 0.667 bits per heavy atom. The third kappa shape index (κ3) is 70.8. The minimum atomic E-state index is -5.09. The first-order valence-electron chi connectivity index (χ1n) is 2.74. The Morgan fingerprint density at radius 1 is 0.619 bits per heavy atom. The number of hydrogen-bond donors (Lipinski definition) is 3. The summed E-state index contributed by atoms with van der Waals surface area (Å²) in [6, 6.07) is 0. The summed E-state index contributed by atoms with van der Waals surface area (Å²) in [7, 11) is -15.3. The Morgan fingerprint density at radius 2 is 0.667 bits per heavy atom. The van der Waals surface area contributed by atoms with Crippen LogP contribution in [0.15, 0.2) is 0 Å². The summed E-state index contributed by atoms with van der Waals surface area (Å²) >= 11 is 0. The molecule has 0 unspecified atom stereocenters. The van der Waals surface area contributed by atoms with Gasteiger partial charge in [0.2, 0.25) is 0 Å². The zero-order valence-corrected chi connectivity index (χ0v) is 18.0. The van der Waals surface area contributed by atoms with E-state index in [1.807, 2.05) is 0 Å². The summed E-state index contributed by atoms with van der Waals surface area (Å²) in [6.07, 6.45) is 0. The van der Waals surface area contributed by atoms with Gasteiger partial charge in [0.1, 0.15) is 0 Å². The van der Waals surface area contributed by atoms with Crippen LogP contribution >= 0.6 is 23.5 Å². The van der Waals surface area contributed by atoms with Crippen molar-refractivity contribution in [2.45, 2.75) is 0 Å². The topological polar surface area (TPSA) is 278 Å². The van der Waals surface area contributed by atoms with Crippen LogP contribution in [0.25, 0.3) is 0 Å². The van der Waals surface area contributed by atoms with Crippen molar-refractivity contribution in [2.24, 2.45) is 0 Å². The first kappa shape index (κ1) is 39.1. The monoisotopic (exact) mass is 556 g/mol. The molecule has 0 aliphatic rings. The van der Waals surface area contributed by atoms with Crippen LogP contribution in [-0.4, -0.2) is 15.8 Å². The second-order valence-electron chi connectivity index (χ2n) is 1.59. The van der Waals surface area contributed by atoms with E-state index in [-0.39, 0.29) is 78.1 Å². The molecule has 0 radical (unpaired) electrons. The number of rotatable bonds is 3. The average Bonchev–Trinajstić information content (AvgIpc) is 2.16. The van der Waals surface area contributed by atoms with Gasteiger partial charge in [0.05, 0.1) is 23.5 Å². The van der Waals surface area contributed by atoms with Gasteiger partial charge < -0.3 is 43.1 Å². The summed E-state index contributed by atoms with van der Waals surface area (Å²) in [5.74, 6) is 0. The summed E-state index contributed by atoms with van der Waals surface area (Å²) in [4.78, 5) is 54.0. The zero-order valence-electron chi connectivity index (χ0n) is 9.38. The molecule has 21 heteroatoms. The molecule has 0 aromatic carbocycles. The van der Waals surface area contributed by atoms with Gasteiger partial charge in [-0.2, -0.15) is 0 Å². The van der Waals surface area contributed by atoms with Crippen LogP contribution in [0.3, 0.4) is 0 Å². The van der Waals surface area contributed by atoms with E-state index in [4.69, 9.17) is 58.8 Å². The summed E-state index contributed by atoms with van der Waals surface area (Å²) in [6.45, 7) is 0. The maximum Gasteiger partial charge on any atom is 4.00 e. The van der Waals surface area contributed by atoms with Gasteiger partial charge in [-0.25, -0.2) is 29.8 Å². The van der Waals surface area contributed by atoms with Crippen molar-refractivity contribution < 1.29 is 151 Å². The quantitative estimate of drug-likeness (QED) is 0.126. The van der Waals surface area contributed by atoms with Crippen LogP contribution in [-0.2, 0) is 76.3 Å². The molecule has 0 fully saturated rings. The molecule has 0 aromatic rings. The Balaban J connectivity index is -0.0000000375. The maximum absolute atomic E-state index is 9.00. The molecule has 0 rings (SSSR count). The van der Waals surface area contributed by atoms with Gasteiger partial charge in [0.25, 0.3) is 0 Å². The van der Waals surface area contributed by atoms with E-state index in [2.05, 4.69) is 14.0 Å². The van der Waals surface area contributed by atoms with Gasteiger partial charge in [-0.05, 0) is 0 Å². The molecule has 0 saturated carbocycles. The van der Waals surface area contributed by atoms with E-state index < -0.39 is 23.5 Å². The van der Waals surface area contributed by atoms with Gasteiger partial charge in [-0.15, -0.1) is 0 Å². The molecule has 0 aliphatic carbocycles. The fourth-order valence-corrected chi connectivity index (χ4v) is 0. The Hall–Kier alpha value is 2.83. The first-order valence-corrected chi connectivity index (χ1v) is 7.12. The van der Waals surface area contributed by atoms with E-state index in [1.165, 1.54) is 0 Å². The van der Waals surface area contributed by atoms with Gasteiger partial charge in [0.15, 0.2) is 0 Å². The van der Waals surface area contributed by atoms with E-state index in [1.54, 1.807) is 0 Å². The van der Waals surface area contributed by atoms with Gasteiger partial charge in [0, 0.05) is 0 Å². The molecule has 0 spiro atoms. The van der Waals surface area contributed by atoms with Crippen molar-refractivity contribution in [1.82, 2.24) is 0 Å². The molecule has 0 aliphatic heterocycles. The normalized spacial score (nSPS) is 10.1. The molecule has 21 heavy (non-hydrogen) atoms. The molecule has 0 amide bonds. The fourth-order valence-electron chi connectivity index (χ4n) is 0. The molecule has 0 saturated heterocycles. The fraction of sp³-hybridized carbons (Fsp3) is 0. The van der Waals surface area contributed by atoms with Crippen molar-refractivity contribution >= 4 is 23.5 Å². The molecular formula is H3AgNaO15P3Zr. The first-order chi connectivity index (χ1) is 7.68. The molecule has 0 heterocycles. The number of phosphoric acid groups is 3. The second-order valence-corrected chi connectivity index (χ2v) is 4.76. The minimum Gasteiger partial charge on any atom is -0.788 e. The van der Waals surface area contributed by atoms with E-state index >= 15 is 0 Å². The molecule has 0 aromatic heterocycles. The van der Waals surface area contributed by atoms with Crippen LogP contribution in [0.2, 0.25) is 0 Å². The van der Waals surface area contributed by atoms with Crippen molar-refractivity contribution in [3.05, 3.63) is 0 Å². The van der Waals surface area contributed by atoms with Gasteiger partial charge in [-0.3, -0.25) is 0 Å². The van der Waals surface area contributed by atoms with E-state index in [0.717, 1.165) is 0 Å². The van der Waals surface area contributed by atoms with Gasteiger partial charge >= 0.3 is 78.1 Å². The SMILES string of the molecule is O=P([O-])([O-])OO.O=P([O-])([O-])OO.O=P([O-])([O-])OO.[Ag+].[Na+].[Zr+4]. The van der Waals surface area contributed by atoms with Crippen LogP contribution in [0.1, 0.15) is 0 Å². The predicted molar refractivity (Wildman–Crippen MR) is 34.0 cm³/mol. The van der Waals surface area contributed by atoms with Crippen LogP contribution < -0.4 is 58.9 Å². The summed E-state index contributed by atoms with van der Waals surface area (Å²) < 4.78 is 34.1. The Kier molecular flexibility index (Phi) is 35.7. The predicted octanol–water partition coefficient (Wildman–Crippen LogP) is -8.09. The minimum absolute atomic E-state index is 0. The number of hydrogen-bond acceptors (Lipinski definition) is 15. The van der Waals surface area contributed by atoms with E-state index in [9.17, 15) is 0 Å². The van der Waals surface area contributed by atoms with Crippen molar-refractivity contribution in [2.75, 3.05) is 0 Å². The molecule has 3 N–H and O–H groups in total. The third-order valence-corrected chi connectivity index (χ3v) is 0.900. The van der Waals surface area contributed by atoms with E-state index in [0.29, 0.717) is 0 Å². The zero-order chi connectivity index (χ0) is 15.6. The average molecular weight is 558 g/mol. The van der Waals surface area contributed by atoms with Gasteiger partial charge in [-0.1, -0.05) is 0 Å². The van der Waals surface area contributed by atoms with Crippen LogP contribution in [0, 0.1) is 0 Å². The smallest absolute Gasteiger partial charge is 0.788 e. The molecule has 0 bridgehead atoms. The summed E-state index contributed by atoms with van der Waals surface area (Å²) in [5.41, 5.74) is 0. The van der Waals surface area contributed by atoms with Crippen LogP contribution in [0.5, 0.6) is 0 Å². The Labute approximate surface area is 173 Å². The van der Waals surface area contributed by atoms with Crippen molar-refractivity contribution in [1.29, 1.82) is 0 Å². The maximum atomic E-state index is 9.00. The second kappa shape index (κ2) is 19.2. The largest absolute Gasteiger partial charge is 4.00 e. The standard InChI is InChI=1S/Ag.Na.3H3O5P.Zr/c;;3*1-5-6(2,3)4;/h;;3*1H,(H2,2,3,4);/q2*+1;;;;+4/p-6. The Bertz CT molecular complexity index is 274. The molecule has 15 nitrogen and oxygen atoms in total. The van der Waals surface area contributed by atoms with Crippen molar-refractivity contribution in [3.63, 3.8) is 0 Å². The molecular weight excluding hydrogens is 555 g/mol. The molecule has 124 valence electrons. The third-order valence-electron chi connectivity index (χ3n) is 0.300.